The van der Waals surface area contributed by atoms with Crippen molar-refractivity contribution < 1.29 is 14.3 Å². The van der Waals surface area contributed by atoms with Crippen molar-refractivity contribution in [2.45, 2.75) is 22.9 Å². The highest BCUT2D eigenvalue weighted by Gasteiger charge is 2.22. The van der Waals surface area contributed by atoms with Crippen LogP contribution in [0.3, 0.4) is 0 Å². The summed E-state index contributed by atoms with van der Waals surface area (Å²) in [5.41, 5.74) is 0.757. The third-order valence-electron chi connectivity index (χ3n) is 3.73. The number of carbonyl (C=O) groups excluding carboxylic acids is 2. The summed E-state index contributed by atoms with van der Waals surface area (Å²) in [7, 11) is 0. The standard InChI is InChI=1S/C21H17ClN2O3S/c1-14(19(25)24-18-12-6-5-11-17(18)22)27-21(26)16-10-7-13-23-20(16)28-15-8-3-2-4-9-15/h2-14H,1H3,(H,24,25). The fourth-order valence-electron chi connectivity index (χ4n) is 2.30. The maximum absolute atomic E-state index is 12.6. The minimum absolute atomic E-state index is 0.300. The lowest BCUT2D eigenvalue weighted by atomic mass is 10.2. The lowest BCUT2D eigenvalue weighted by Crippen LogP contribution is -2.30. The maximum atomic E-state index is 12.6. The normalized spacial score (nSPS) is 11.5. The van der Waals surface area contributed by atoms with E-state index in [-0.39, 0.29) is 0 Å². The van der Waals surface area contributed by atoms with Crippen molar-refractivity contribution in [3.8, 4) is 0 Å². The molecule has 5 nitrogen and oxygen atoms in total. The largest absolute Gasteiger partial charge is 0.449 e. The number of ether oxygens (including phenoxy) is 1. The molecule has 0 aliphatic heterocycles. The summed E-state index contributed by atoms with van der Waals surface area (Å²) in [6, 6.07) is 19.7. The predicted octanol–water partition coefficient (Wildman–Crippen LogP) is 5.07. The van der Waals surface area contributed by atoms with E-state index in [4.69, 9.17) is 16.3 Å². The fourth-order valence-corrected chi connectivity index (χ4v) is 3.38. The van der Waals surface area contributed by atoms with Gasteiger partial charge in [-0.2, -0.15) is 0 Å². The van der Waals surface area contributed by atoms with Crippen molar-refractivity contribution in [2.75, 3.05) is 5.32 Å². The van der Waals surface area contributed by atoms with Crippen LogP contribution < -0.4 is 5.32 Å². The van der Waals surface area contributed by atoms with Crippen molar-refractivity contribution in [2.24, 2.45) is 0 Å². The molecule has 1 aromatic heterocycles. The molecule has 0 saturated heterocycles. The molecule has 142 valence electrons. The zero-order valence-electron chi connectivity index (χ0n) is 15.0. The first kappa shape index (κ1) is 19.9. The Morgan fingerprint density at radius 3 is 2.50 bits per heavy atom. The van der Waals surface area contributed by atoms with Crippen LogP contribution in [0.4, 0.5) is 5.69 Å². The number of aromatic nitrogens is 1. The Morgan fingerprint density at radius 2 is 1.75 bits per heavy atom. The molecule has 0 aliphatic carbocycles. The number of nitrogens with zero attached hydrogens (tertiary/aromatic N) is 1. The summed E-state index contributed by atoms with van der Waals surface area (Å²) in [4.78, 5) is 30.2. The molecular weight excluding hydrogens is 396 g/mol. The number of hydrogen-bond acceptors (Lipinski definition) is 5. The fraction of sp³-hybridized carbons (Fsp3) is 0.0952. The Hall–Kier alpha value is -2.83. The minimum atomic E-state index is -1.00. The van der Waals surface area contributed by atoms with Gasteiger partial charge in [0.25, 0.3) is 5.91 Å². The third kappa shape index (κ3) is 5.12. The van der Waals surface area contributed by atoms with Crippen LogP contribution in [0.25, 0.3) is 0 Å². The molecule has 0 aliphatic rings. The SMILES string of the molecule is CC(OC(=O)c1cccnc1Sc1ccccc1)C(=O)Nc1ccccc1Cl. The first-order chi connectivity index (χ1) is 13.5. The Morgan fingerprint density at radius 1 is 1.04 bits per heavy atom. The summed E-state index contributed by atoms with van der Waals surface area (Å²) < 4.78 is 5.34. The smallest absolute Gasteiger partial charge is 0.341 e. The molecule has 7 heteroatoms. The monoisotopic (exact) mass is 412 g/mol. The van der Waals surface area contributed by atoms with Gasteiger partial charge in [-0.1, -0.05) is 53.7 Å². The molecule has 28 heavy (non-hydrogen) atoms. The van der Waals surface area contributed by atoms with Crippen LogP contribution in [0, 0.1) is 0 Å². The molecule has 0 spiro atoms. The third-order valence-corrected chi connectivity index (χ3v) is 5.09. The quantitative estimate of drug-likeness (QED) is 0.572. The van der Waals surface area contributed by atoms with Crippen molar-refractivity contribution in [3.63, 3.8) is 0 Å². The van der Waals surface area contributed by atoms with E-state index in [1.165, 1.54) is 18.7 Å². The van der Waals surface area contributed by atoms with Gasteiger partial charge in [-0.15, -0.1) is 0 Å². The second-order valence-corrected chi connectivity index (χ2v) is 7.26. The Bertz CT molecular complexity index is 982. The highest BCUT2D eigenvalue weighted by molar-refractivity contribution is 7.99. The van der Waals surface area contributed by atoms with Gasteiger partial charge < -0.3 is 10.1 Å². The van der Waals surface area contributed by atoms with Gasteiger partial charge in [-0.25, -0.2) is 9.78 Å². The molecule has 0 radical (unpaired) electrons. The summed E-state index contributed by atoms with van der Waals surface area (Å²) in [5, 5.41) is 3.57. The van der Waals surface area contributed by atoms with Crippen LogP contribution in [0.15, 0.2) is 82.8 Å². The van der Waals surface area contributed by atoms with Gasteiger partial charge in [0.15, 0.2) is 6.10 Å². The van der Waals surface area contributed by atoms with Crippen LogP contribution >= 0.6 is 23.4 Å². The van der Waals surface area contributed by atoms with Crippen LogP contribution in [0.2, 0.25) is 5.02 Å². The topological polar surface area (TPSA) is 68.3 Å². The van der Waals surface area contributed by atoms with Crippen molar-refractivity contribution in [1.29, 1.82) is 0 Å². The second-order valence-electron chi connectivity index (χ2n) is 5.79. The molecule has 2 aromatic carbocycles. The van der Waals surface area contributed by atoms with Crippen LogP contribution in [-0.2, 0) is 9.53 Å². The van der Waals surface area contributed by atoms with E-state index in [1.54, 1.807) is 42.6 Å². The molecule has 0 bridgehead atoms. The Balaban J connectivity index is 1.69. The van der Waals surface area contributed by atoms with Gasteiger partial charge in [0.05, 0.1) is 16.3 Å². The Labute approximate surface area is 172 Å². The van der Waals surface area contributed by atoms with Gasteiger partial charge in [0.2, 0.25) is 0 Å². The summed E-state index contributed by atoms with van der Waals surface area (Å²) in [5.74, 6) is -1.09. The number of amides is 1. The van der Waals surface area contributed by atoms with E-state index < -0.39 is 18.0 Å². The summed E-state index contributed by atoms with van der Waals surface area (Å²) in [6.45, 7) is 1.50. The number of nitrogens with one attached hydrogen (secondary N) is 1. The van der Waals surface area contributed by atoms with E-state index in [0.717, 1.165) is 4.90 Å². The number of rotatable bonds is 6. The van der Waals surface area contributed by atoms with Crippen LogP contribution in [0.5, 0.6) is 0 Å². The minimum Gasteiger partial charge on any atom is -0.449 e. The molecule has 1 amide bonds. The number of para-hydroxylation sites is 1. The Kier molecular flexibility index (Phi) is 6.68. The molecule has 1 heterocycles. The predicted molar refractivity (Wildman–Crippen MR) is 110 cm³/mol. The van der Waals surface area contributed by atoms with Gasteiger partial charge in [-0.3, -0.25) is 4.79 Å². The van der Waals surface area contributed by atoms with Gasteiger partial charge >= 0.3 is 5.97 Å². The molecule has 1 N–H and O–H groups in total. The van der Waals surface area contributed by atoms with E-state index in [9.17, 15) is 9.59 Å². The zero-order valence-corrected chi connectivity index (χ0v) is 16.5. The summed E-state index contributed by atoms with van der Waals surface area (Å²) >= 11 is 7.39. The van der Waals surface area contributed by atoms with Gasteiger partial charge in [0, 0.05) is 11.1 Å². The number of hydrogen-bond donors (Lipinski definition) is 1. The van der Waals surface area contributed by atoms with E-state index in [0.29, 0.717) is 21.3 Å². The molecular formula is C21H17ClN2O3S. The van der Waals surface area contributed by atoms with Crippen molar-refractivity contribution >= 4 is 40.9 Å². The van der Waals surface area contributed by atoms with E-state index in [1.807, 2.05) is 30.3 Å². The first-order valence-electron chi connectivity index (χ1n) is 8.49. The number of anilines is 1. The maximum Gasteiger partial charge on any atom is 0.341 e. The average molecular weight is 413 g/mol. The number of esters is 1. The lowest BCUT2D eigenvalue weighted by Gasteiger charge is -2.15. The highest BCUT2D eigenvalue weighted by Crippen LogP contribution is 2.29. The van der Waals surface area contributed by atoms with Gasteiger partial charge in [0.1, 0.15) is 5.03 Å². The number of halogens is 1. The molecule has 3 aromatic rings. The average Bonchev–Trinajstić information content (AvgIpc) is 2.70. The van der Waals surface area contributed by atoms with Crippen molar-refractivity contribution in [3.05, 3.63) is 83.5 Å². The number of pyridine rings is 1. The number of carbonyl (C=O) groups is 2. The van der Waals surface area contributed by atoms with Crippen LogP contribution in [0.1, 0.15) is 17.3 Å². The van der Waals surface area contributed by atoms with Crippen LogP contribution in [-0.4, -0.2) is 23.0 Å². The molecule has 0 saturated carbocycles. The molecule has 1 atom stereocenters. The van der Waals surface area contributed by atoms with Gasteiger partial charge in [-0.05, 0) is 43.3 Å². The zero-order chi connectivity index (χ0) is 19.9. The van der Waals surface area contributed by atoms with E-state index in [2.05, 4.69) is 10.3 Å². The summed E-state index contributed by atoms with van der Waals surface area (Å²) in [6.07, 6.45) is 0.605. The van der Waals surface area contributed by atoms with E-state index >= 15 is 0 Å². The lowest BCUT2D eigenvalue weighted by molar-refractivity contribution is -0.123. The second kappa shape index (κ2) is 9.39. The molecule has 1 unspecified atom stereocenters. The number of benzene rings is 2. The first-order valence-corrected chi connectivity index (χ1v) is 9.68. The van der Waals surface area contributed by atoms with Crippen molar-refractivity contribution in [1.82, 2.24) is 4.98 Å². The molecule has 0 fully saturated rings. The molecule has 3 rings (SSSR count). The highest BCUT2D eigenvalue weighted by atomic mass is 35.5.